The summed E-state index contributed by atoms with van der Waals surface area (Å²) in [7, 11) is 0. The van der Waals surface area contributed by atoms with E-state index in [0.29, 0.717) is 0 Å². The SMILES string of the molecule is CC1=Nc2c(Br)cc(Br)cc2C1(C)C. The molecule has 1 heterocycles. The first-order valence-corrected chi connectivity index (χ1v) is 6.07. The van der Waals surface area contributed by atoms with Crippen LogP contribution in [-0.2, 0) is 5.41 Å². The van der Waals surface area contributed by atoms with E-state index >= 15 is 0 Å². The quantitative estimate of drug-likeness (QED) is 0.663. The molecule has 0 aliphatic carbocycles. The maximum atomic E-state index is 4.59. The third-order valence-electron chi connectivity index (χ3n) is 2.89. The van der Waals surface area contributed by atoms with Crippen molar-refractivity contribution >= 4 is 43.3 Å². The van der Waals surface area contributed by atoms with Gasteiger partial charge in [-0.05, 0) is 40.5 Å². The fourth-order valence-corrected chi connectivity index (χ4v) is 2.97. The molecule has 0 aromatic heterocycles. The van der Waals surface area contributed by atoms with E-state index < -0.39 is 0 Å². The summed E-state index contributed by atoms with van der Waals surface area (Å²) >= 11 is 7.05. The summed E-state index contributed by atoms with van der Waals surface area (Å²) in [5.74, 6) is 0. The molecule has 0 spiro atoms. The minimum absolute atomic E-state index is 0.0572. The Bertz CT molecular complexity index is 433. The molecular formula is C11H11Br2N. The van der Waals surface area contributed by atoms with Crippen molar-refractivity contribution in [3.05, 3.63) is 26.6 Å². The van der Waals surface area contributed by atoms with Crippen LogP contribution < -0.4 is 0 Å². The summed E-state index contributed by atoms with van der Waals surface area (Å²) in [6.45, 7) is 6.49. The van der Waals surface area contributed by atoms with Crippen molar-refractivity contribution in [2.75, 3.05) is 0 Å². The molecule has 0 unspecified atom stereocenters. The Labute approximate surface area is 101 Å². The van der Waals surface area contributed by atoms with Crippen molar-refractivity contribution in [1.82, 2.24) is 0 Å². The summed E-state index contributed by atoms with van der Waals surface area (Å²) in [4.78, 5) is 4.59. The first-order valence-electron chi connectivity index (χ1n) is 4.48. The third kappa shape index (κ3) is 1.38. The Morgan fingerprint density at radius 2 is 1.86 bits per heavy atom. The van der Waals surface area contributed by atoms with E-state index in [0.717, 1.165) is 14.6 Å². The molecule has 74 valence electrons. The Morgan fingerprint density at radius 3 is 2.50 bits per heavy atom. The number of aliphatic imine (C=N–C) groups is 1. The van der Waals surface area contributed by atoms with Gasteiger partial charge in [-0.15, -0.1) is 0 Å². The molecule has 0 fully saturated rings. The number of fused-ring (bicyclic) bond motifs is 1. The molecule has 14 heavy (non-hydrogen) atoms. The molecular weight excluding hydrogens is 306 g/mol. The van der Waals surface area contributed by atoms with Gasteiger partial charge in [-0.2, -0.15) is 0 Å². The monoisotopic (exact) mass is 315 g/mol. The molecule has 1 aliphatic rings. The zero-order valence-corrected chi connectivity index (χ0v) is 11.5. The Balaban J connectivity index is 2.73. The summed E-state index contributed by atoms with van der Waals surface area (Å²) in [5.41, 5.74) is 3.60. The molecule has 0 amide bonds. The molecule has 1 aliphatic heterocycles. The van der Waals surface area contributed by atoms with Crippen molar-refractivity contribution in [2.45, 2.75) is 26.2 Å². The maximum Gasteiger partial charge on any atom is 0.0813 e. The smallest absolute Gasteiger partial charge is 0.0813 e. The number of hydrogen-bond donors (Lipinski definition) is 0. The molecule has 0 saturated carbocycles. The fourth-order valence-electron chi connectivity index (χ4n) is 1.66. The molecule has 1 aromatic carbocycles. The van der Waals surface area contributed by atoms with Crippen molar-refractivity contribution in [3.63, 3.8) is 0 Å². The van der Waals surface area contributed by atoms with Crippen molar-refractivity contribution in [2.24, 2.45) is 4.99 Å². The molecule has 0 atom stereocenters. The van der Waals surface area contributed by atoms with E-state index in [2.05, 4.69) is 63.7 Å². The van der Waals surface area contributed by atoms with Crippen LogP contribution >= 0.6 is 31.9 Å². The van der Waals surface area contributed by atoms with Gasteiger partial charge in [0.25, 0.3) is 0 Å². The molecule has 0 saturated heterocycles. The van der Waals surface area contributed by atoms with E-state index in [4.69, 9.17) is 0 Å². The van der Waals surface area contributed by atoms with E-state index in [9.17, 15) is 0 Å². The molecule has 0 bridgehead atoms. The van der Waals surface area contributed by atoms with E-state index in [1.54, 1.807) is 0 Å². The molecule has 0 radical (unpaired) electrons. The maximum absolute atomic E-state index is 4.59. The van der Waals surface area contributed by atoms with Crippen LogP contribution in [0.3, 0.4) is 0 Å². The van der Waals surface area contributed by atoms with Gasteiger partial charge in [0, 0.05) is 20.1 Å². The number of rotatable bonds is 0. The highest BCUT2D eigenvalue weighted by atomic mass is 79.9. The van der Waals surface area contributed by atoms with Gasteiger partial charge in [0.15, 0.2) is 0 Å². The molecule has 2 rings (SSSR count). The summed E-state index contributed by atoms with van der Waals surface area (Å²) < 4.78 is 2.16. The van der Waals surface area contributed by atoms with E-state index in [-0.39, 0.29) is 5.41 Å². The molecule has 3 heteroatoms. The standard InChI is InChI=1S/C11H11Br2N/c1-6-11(2,3)8-4-7(12)5-9(13)10(8)14-6/h4-5H,1-3H3. The second-order valence-electron chi connectivity index (χ2n) is 4.11. The predicted molar refractivity (Wildman–Crippen MR) is 67.6 cm³/mol. The van der Waals surface area contributed by atoms with Crippen LogP contribution in [0.1, 0.15) is 26.3 Å². The van der Waals surface area contributed by atoms with Gasteiger partial charge in [-0.1, -0.05) is 29.8 Å². The summed E-state index contributed by atoms with van der Waals surface area (Å²) in [6, 6.07) is 4.19. The van der Waals surface area contributed by atoms with Crippen LogP contribution in [0, 0.1) is 0 Å². The topological polar surface area (TPSA) is 12.4 Å². The second-order valence-corrected chi connectivity index (χ2v) is 5.88. The van der Waals surface area contributed by atoms with E-state index in [1.807, 2.05) is 6.07 Å². The van der Waals surface area contributed by atoms with Crippen LogP contribution in [0.15, 0.2) is 26.1 Å². The minimum atomic E-state index is 0.0572. The number of halogens is 2. The normalized spacial score (nSPS) is 17.9. The van der Waals surface area contributed by atoms with Gasteiger partial charge >= 0.3 is 0 Å². The van der Waals surface area contributed by atoms with Gasteiger partial charge in [0.1, 0.15) is 0 Å². The number of benzene rings is 1. The zero-order chi connectivity index (χ0) is 10.5. The van der Waals surface area contributed by atoms with Crippen LogP contribution in [0.4, 0.5) is 5.69 Å². The number of nitrogens with zero attached hydrogens (tertiary/aromatic N) is 1. The Hall–Kier alpha value is -0.150. The first-order chi connectivity index (χ1) is 6.43. The van der Waals surface area contributed by atoms with Crippen molar-refractivity contribution < 1.29 is 0 Å². The fraction of sp³-hybridized carbons (Fsp3) is 0.364. The summed E-state index contributed by atoms with van der Waals surface area (Å²) in [5, 5.41) is 0. The molecule has 1 nitrogen and oxygen atoms in total. The van der Waals surface area contributed by atoms with Gasteiger partial charge in [-0.3, -0.25) is 4.99 Å². The van der Waals surface area contributed by atoms with Gasteiger partial charge in [0.2, 0.25) is 0 Å². The predicted octanol–water partition coefficient (Wildman–Crippen LogP) is 4.60. The van der Waals surface area contributed by atoms with E-state index in [1.165, 1.54) is 11.3 Å². The highest BCUT2D eigenvalue weighted by Gasteiger charge is 2.33. The number of hydrogen-bond acceptors (Lipinski definition) is 1. The van der Waals surface area contributed by atoms with Crippen molar-refractivity contribution in [1.29, 1.82) is 0 Å². The van der Waals surface area contributed by atoms with Gasteiger partial charge in [0.05, 0.1) is 5.69 Å². The highest BCUT2D eigenvalue weighted by molar-refractivity contribution is 9.11. The Kier molecular flexibility index (Phi) is 2.35. The lowest BCUT2D eigenvalue weighted by molar-refractivity contribution is 0.732. The average molecular weight is 317 g/mol. The van der Waals surface area contributed by atoms with Gasteiger partial charge in [-0.25, -0.2) is 0 Å². The van der Waals surface area contributed by atoms with Crippen LogP contribution in [0.25, 0.3) is 0 Å². The van der Waals surface area contributed by atoms with Crippen LogP contribution in [0.5, 0.6) is 0 Å². The summed E-state index contributed by atoms with van der Waals surface area (Å²) in [6.07, 6.45) is 0. The van der Waals surface area contributed by atoms with Crippen molar-refractivity contribution in [3.8, 4) is 0 Å². The first kappa shape index (κ1) is 10.4. The second kappa shape index (κ2) is 3.17. The lowest BCUT2D eigenvalue weighted by Crippen LogP contribution is -2.22. The van der Waals surface area contributed by atoms with Crippen LogP contribution in [-0.4, -0.2) is 5.71 Å². The average Bonchev–Trinajstić information content (AvgIpc) is 2.28. The zero-order valence-electron chi connectivity index (χ0n) is 8.36. The lowest BCUT2D eigenvalue weighted by Gasteiger charge is -2.20. The molecule has 0 N–H and O–H groups in total. The lowest BCUT2D eigenvalue weighted by atomic mass is 9.82. The van der Waals surface area contributed by atoms with Crippen LogP contribution in [0.2, 0.25) is 0 Å². The highest BCUT2D eigenvalue weighted by Crippen LogP contribution is 2.45. The minimum Gasteiger partial charge on any atom is -0.256 e. The largest absolute Gasteiger partial charge is 0.256 e. The third-order valence-corrected chi connectivity index (χ3v) is 3.95. The van der Waals surface area contributed by atoms with Gasteiger partial charge < -0.3 is 0 Å². The molecule has 1 aromatic rings. The Morgan fingerprint density at radius 1 is 1.21 bits per heavy atom.